The van der Waals surface area contributed by atoms with Crippen molar-refractivity contribution >= 4 is 38.9 Å². The fourth-order valence-electron chi connectivity index (χ4n) is 6.63. The van der Waals surface area contributed by atoms with Crippen LogP contribution in [-0.4, -0.2) is 4.57 Å². The second-order valence-electron chi connectivity index (χ2n) is 12.5. The number of fused-ring (bicyclic) bond motifs is 3. The Hall–Kier alpha value is -7.42. The highest BCUT2D eigenvalue weighted by Gasteiger charge is 2.17. The number of rotatable bonds is 8. The van der Waals surface area contributed by atoms with Gasteiger partial charge in [0.05, 0.1) is 41.2 Å². The van der Waals surface area contributed by atoms with Crippen LogP contribution in [0.15, 0.2) is 230 Å². The summed E-state index contributed by atoms with van der Waals surface area (Å²) in [4.78, 5) is 0.963. The third-order valence-electron chi connectivity index (χ3n) is 9.17. The van der Waals surface area contributed by atoms with Crippen molar-refractivity contribution < 1.29 is 30.2 Å². The number of para-hydroxylation sites is 2. The van der Waals surface area contributed by atoms with Gasteiger partial charge in [-0.2, -0.15) is 0 Å². The number of hydrogen-bond donors (Lipinski definition) is 0. The second-order valence-corrected chi connectivity index (χ2v) is 12.5. The highest BCUT2D eigenvalue weighted by atomic mass is 15.1. The molecule has 0 saturated carbocycles. The van der Waals surface area contributed by atoms with Gasteiger partial charge >= 0.3 is 0 Å². The van der Waals surface area contributed by atoms with Crippen LogP contribution < -0.4 is 4.90 Å². The lowest BCUT2D eigenvalue weighted by Crippen LogP contribution is -2.10. The fraction of sp³-hybridized carbons (Fsp3) is 0. The molecule has 0 aliphatic rings. The van der Waals surface area contributed by atoms with Gasteiger partial charge in [0.25, 0.3) is 0 Å². The number of anilines is 3. The largest absolute Gasteiger partial charge is 0.310 e. The topological polar surface area (TPSA) is 8.17 Å². The lowest BCUT2D eigenvalue weighted by Gasteiger charge is -2.26. The van der Waals surface area contributed by atoms with Gasteiger partial charge in [-0.25, -0.2) is 0 Å². The molecular weight excluding hydrogens is 677 g/mol. The molecule has 2 nitrogen and oxygen atoms in total. The first-order chi connectivity index (χ1) is 36.9. The molecule has 9 aromatic carbocycles. The zero-order valence-corrected chi connectivity index (χ0v) is 29.1. The van der Waals surface area contributed by atoms with Crippen LogP contribution in [0.4, 0.5) is 17.1 Å². The molecule has 56 heavy (non-hydrogen) atoms. The van der Waals surface area contributed by atoms with E-state index in [1.54, 1.807) is 18.2 Å². The van der Waals surface area contributed by atoms with Gasteiger partial charge in [0, 0.05) is 33.5 Å². The Morgan fingerprint density at radius 1 is 0.339 bits per heavy atom. The molecule has 0 atom stereocenters. The third kappa shape index (κ3) is 6.24. The van der Waals surface area contributed by atoms with Crippen molar-refractivity contribution in [3.63, 3.8) is 0 Å². The smallest absolute Gasteiger partial charge is 0.0645 e. The van der Waals surface area contributed by atoms with Crippen LogP contribution in [0.5, 0.6) is 0 Å². The zero-order valence-electron chi connectivity index (χ0n) is 51.1. The van der Waals surface area contributed by atoms with Crippen LogP contribution >= 0.6 is 0 Å². The zero-order chi connectivity index (χ0) is 56.4. The lowest BCUT2D eigenvalue weighted by molar-refractivity contribution is 1.18. The summed E-state index contributed by atoms with van der Waals surface area (Å²) in [5, 5.41) is 1.78. The minimum absolute atomic E-state index is 0.0398. The van der Waals surface area contributed by atoms with Crippen molar-refractivity contribution in [1.82, 2.24) is 4.57 Å². The van der Waals surface area contributed by atoms with E-state index in [2.05, 4.69) is 4.57 Å². The maximum Gasteiger partial charge on any atom is 0.0645 e. The number of aromatic nitrogens is 1. The lowest BCUT2D eigenvalue weighted by atomic mass is 9.98. The molecule has 0 N–H and O–H groups in total. The summed E-state index contributed by atoms with van der Waals surface area (Å²) in [5.74, 6) is 0. The van der Waals surface area contributed by atoms with E-state index < -0.39 is 178 Å². The molecule has 0 aliphatic heterocycles. The molecule has 0 bridgehead atoms. The summed E-state index contributed by atoms with van der Waals surface area (Å²) in [6, 6.07) is 10.4. The molecule has 0 amide bonds. The van der Waals surface area contributed by atoms with Crippen molar-refractivity contribution in [2.45, 2.75) is 0 Å². The standard InChI is InChI=1S/C54H38N2/c1-4-14-39(15-5-1)41-26-31-48(32-27-41)55(49-33-28-42(29-34-49)44-19-12-18-43(36-44)40-16-6-2-7-17-40)50-23-13-20-45(37-50)46-30-35-54-52(38-46)51-24-10-11-25-53(51)56(54)47-21-8-3-9-22-47/h1-38H/i1D,2D,4D,5D,6D,7D,12D,14D,15D,16D,17D,18D,19D,26D,27D,28D,29D,31D,32D,33D,34D,36D. The average molecular weight is 737 g/mol. The molecule has 10 rings (SSSR count). The summed E-state index contributed by atoms with van der Waals surface area (Å²) < 4.78 is 198. The second kappa shape index (κ2) is 14.4. The third-order valence-corrected chi connectivity index (χ3v) is 9.17. The van der Waals surface area contributed by atoms with Crippen LogP contribution in [0.25, 0.3) is 72.0 Å². The Labute approximate surface area is 358 Å². The molecule has 1 heterocycles. The van der Waals surface area contributed by atoms with Crippen LogP contribution in [0, 0.1) is 0 Å². The van der Waals surface area contributed by atoms with Gasteiger partial charge in [-0.1, -0.05) is 157 Å². The molecule has 0 unspecified atom stereocenters. The van der Waals surface area contributed by atoms with E-state index >= 15 is 0 Å². The van der Waals surface area contributed by atoms with Crippen molar-refractivity contribution in [3.8, 4) is 50.2 Å². The van der Waals surface area contributed by atoms with Gasteiger partial charge < -0.3 is 9.47 Å². The molecule has 264 valence electrons. The SMILES string of the molecule is [2H]c1c([2H])c([2H])c(-c2c([2H])c([2H])c(N(c3cccc(-c4ccc5c(c4)c4ccccc4n5-c4ccccc4)c3)c3c([2H])c([2H])c(-c4c([2H])c([2H])c([2H])c(-c5c([2H])c([2H])c([2H])c([2H])c5[2H])c4[2H])c([2H])c3[2H])c([2H])c2[2H])c([2H])c1[2H]. The highest BCUT2D eigenvalue weighted by Crippen LogP contribution is 2.40. The van der Waals surface area contributed by atoms with E-state index in [0.717, 1.165) is 32.4 Å². The van der Waals surface area contributed by atoms with E-state index in [4.69, 9.17) is 17.8 Å². The van der Waals surface area contributed by atoms with Gasteiger partial charge in [0.2, 0.25) is 0 Å². The normalized spacial score (nSPS) is 16.7. The maximum absolute atomic E-state index is 9.66. The maximum atomic E-state index is 9.66. The Morgan fingerprint density at radius 3 is 1.55 bits per heavy atom. The minimum Gasteiger partial charge on any atom is -0.310 e. The van der Waals surface area contributed by atoms with E-state index in [-0.39, 0.29) is 5.69 Å². The molecule has 0 aliphatic carbocycles. The van der Waals surface area contributed by atoms with Gasteiger partial charge in [0.15, 0.2) is 0 Å². The first kappa shape index (κ1) is 17.4. The summed E-state index contributed by atoms with van der Waals surface area (Å²) in [7, 11) is 0. The van der Waals surface area contributed by atoms with E-state index in [1.807, 2.05) is 72.8 Å². The number of hydrogen-bond acceptors (Lipinski definition) is 1. The van der Waals surface area contributed by atoms with Crippen molar-refractivity contribution in [1.29, 1.82) is 0 Å². The molecule has 2 heteroatoms. The summed E-state index contributed by atoms with van der Waals surface area (Å²) in [6.45, 7) is 0. The summed E-state index contributed by atoms with van der Waals surface area (Å²) >= 11 is 0. The quantitative estimate of drug-likeness (QED) is 0.151. The molecule has 0 fully saturated rings. The molecule has 0 radical (unpaired) electrons. The summed E-state index contributed by atoms with van der Waals surface area (Å²) in [6.07, 6.45) is 0. The molecule has 1 aromatic heterocycles. The van der Waals surface area contributed by atoms with Crippen molar-refractivity contribution in [3.05, 3.63) is 230 Å². The molecule has 10 aromatic rings. The van der Waals surface area contributed by atoms with Crippen molar-refractivity contribution in [2.75, 3.05) is 4.90 Å². The average Bonchev–Trinajstić information content (AvgIpc) is 3.79. The van der Waals surface area contributed by atoms with Crippen LogP contribution in [0.3, 0.4) is 0 Å². The van der Waals surface area contributed by atoms with E-state index in [1.165, 1.54) is 6.07 Å². The first-order valence-electron chi connectivity index (χ1n) is 28.4. The van der Waals surface area contributed by atoms with Crippen LogP contribution in [-0.2, 0) is 0 Å². The van der Waals surface area contributed by atoms with Crippen LogP contribution in [0.2, 0.25) is 0 Å². The van der Waals surface area contributed by atoms with Gasteiger partial charge in [-0.3, -0.25) is 0 Å². The Bertz CT molecular complexity index is 4130. The Kier molecular flexibility index (Phi) is 4.48. The molecular formula is C54H38N2. The molecule has 0 spiro atoms. The van der Waals surface area contributed by atoms with Crippen molar-refractivity contribution in [2.24, 2.45) is 0 Å². The van der Waals surface area contributed by atoms with E-state index in [9.17, 15) is 12.3 Å². The Morgan fingerprint density at radius 2 is 0.875 bits per heavy atom. The predicted molar refractivity (Wildman–Crippen MR) is 237 cm³/mol. The Balaban J connectivity index is 1.25. The molecule has 0 saturated heterocycles. The van der Waals surface area contributed by atoms with Crippen LogP contribution in [0.1, 0.15) is 30.2 Å². The highest BCUT2D eigenvalue weighted by molar-refractivity contribution is 6.10. The minimum atomic E-state index is -0.968. The van der Waals surface area contributed by atoms with Gasteiger partial charge in [-0.05, 0) is 117 Å². The monoisotopic (exact) mass is 736 g/mol. The number of benzene rings is 9. The first-order valence-corrected chi connectivity index (χ1v) is 17.4. The predicted octanol–water partition coefficient (Wildman–Crippen LogP) is 14.9. The van der Waals surface area contributed by atoms with Gasteiger partial charge in [0.1, 0.15) is 0 Å². The van der Waals surface area contributed by atoms with Gasteiger partial charge in [-0.15, -0.1) is 0 Å². The van der Waals surface area contributed by atoms with E-state index in [0.29, 0.717) is 11.1 Å². The summed E-state index contributed by atoms with van der Waals surface area (Å²) in [5.41, 5.74) is -1.77. The number of nitrogens with zero attached hydrogens (tertiary/aromatic N) is 2. The fourth-order valence-corrected chi connectivity index (χ4v) is 6.63.